The lowest BCUT2D eigenvalue weighted by atomic mass is 9.92. The number of nitrogens with one attached hydrogen (secondary N) is 1. The Hall–Kier alpha value is -4.52. The number of carbonyl (C=O) groups excluding carboxylic acids is 1. The molecule has 2 aliphatic heterocycles. The molecule has 0 bridgehead atoms. The van der Waals surface area contributed by atoms with E-state index in [1.807, 2.05) is 35.2 Å². The highest BCUT2D eigenvalue weighted by molar-refractivity contribution is 5.94. The summed E-state index contributed by atoms with van der Waals surface area (Å²) in [6, 6.07) is 20.2. The van der Waals surface area contributed by atoms with Gasteiger partial charge in [0.05, 0.1) is 11.6 Å². The van der Waals surface area contributed by atoms with Crippen LogP contribution < -0.4 is 9.47 Å². The number of hydrogen-bond acceptors (Lipinski definition) is 4. The van der Waals surface area contributed by atoms with E-state index in [1.165, 1.54) is 23.1 Å². The van der Waals surface area contributed by atoms with Crippen LogP contribution in [0.4, 0.5) is 0 Å². The van der Waals surface area contributed by atoms with Crippen LogP contribution in [0, 0.1) is 0 Å². The maximum atomic E-state index is 13.5. The molecule has 0 saturated carbocycles. The number of para-hydroxylation sites is 1. The number of aromatic nitrogens is 1. The van der Waals surface area contributed by atoms with Crippen LogP contribution in [0.15, 0.2) is 72.8 Å². The number of H-pyrrole nitrogens is 1. The molecule has 36 heavy (non-hydrogen) atoms. The van der Waals surface area contributed by atoms with Gasteiger partial charge in [-0.2, -0.15) is 0 Å². The van der Waals surface area contributed by atoms with Gasteiger partial charge in [0.25, 0.3) is 0 Å². The van der Waals surface area contributed by atoms with Crippen LogP contribution in [-0.4, -0.2) is 46.6 Å². The predicted molar refractivity (Wildman–Crippen MR) is 135 cm³/mol. The molecule has 6 rings (SSSR count). The first-order valence-electron chi connectivity index (χ1n) is 11.9. The van der Waals surface area contributed by atoms with Gasteiger partial charge in [0.2, 0.25) is 5.91 Å². The van der Waals surface area contributed by atoms with Gasteiger partial charge in [0, 0.05) is 29.2 Å². The standard InChI is InChI=1S/C29H24N2O5/c32-26(12-7-18-5-8-19(9-6-18)29(33)34)31-14-13-22-21-3-1-2-4-23(21)30-27(22)28(31)20-10-11-24-25(17-20)36-16-15-35-24/h1-12,17,28,30H,13-16H2,(H,33,34). The normalized spacial score (nSPS) is 16.8. The number of fused-ring (bicyclic) bond motifs is 4. The molecule has 7 nitrogen and oxygen atoms in total. The second kappa shape index (κ2) is 8.92. The minimum absolute atomic E-state index is 0.124. The van der Waals surface area contributed by atoms with Crippen molar-refractivity contribution < 1.29 is 24.2 Å². The number of carboxylic acid groups (broad SMARTS) is 1. The average molecular weight is 481 g/mol. The quantitative estimate of drug-likeness (QED) is 0.409. The molecule has 0 radical (unpaired) electrons. The van der Waals surface area contributed by atoms with Gasteiger partial charge in [-0.15, -0.1) is 0 Å². The molecule has 0 saturated heterocycles. The number of ether oxygens (including phenoxy) is 2. The fourth-order valence-corrected chi connectivity index (χ4v) is 5.05. The molecule has 0 aliphatic carbocycles. The highest BCUT2D eigenvalue weighted by atomic mass is 16.6. The monoisotopic (exact) mass is 480 g/mol. The minimum Gasteiger partial charge on any atom is -0.486 e. The molecule has 4 aromatic rings. The SMILES string of the molecule is O=C(O)c1ccc(C=CC(=O)N2CCc3c([nH]c4ccccc34)C2c2ccc3c(c2)OCCO3)cc1. The molecule has 1 amide bonds. The maximum Gasteiger partial charge on any atom is 0.335 e. The summed E-state index contributed by atoms with van der Waals surface area (Å²) in [5.41, 5.74) is 5.19. The first kappa shape index (κ1) is 22.0. The van der Waals surface area contributed by atoms with Crippen molar-refractivity contribution in [2.75, 3.05) is 19.8 Å². The third-order valence-electron chi connectivity index (χ3n) is 6.78. The van der Waals surface area contributed by atoms with E-state index in [4.69, 9.17) is 14.6 Å². The van der Waals surface area contributed by atoms with E-state index >= 15 is 0 Å². The summed E-state index contributed by atoms with van der Waals surface area (Å²) < 4.78 is 11.5. The maximum absolute atomic E-state index is 13.5. The van der Waals surface area contributed by atoms with Gasteiger partial charge in [-0.1, -0.05) is 36.4 Å². The Kier molecular flexibility index (Phi) is 5.45. The summed E-state index contributed by atoms with van der Waals surface area (Å²) in [5, 5.41) is 10.3. The van der Waals surface area contributed by atoms with Crippen LogP contribution in [-0.2, 0) is 11.2 Å². The van der Waals surface area contributed by atoms with Crippen molar-refractivity contribution in [3.63, 3.8) is 0 Å². The number of aromatic carboxylic acids is 1. The summed E-state index contributed by atoms with van der Waals surface area (Å²) in [6.45, 7) is 1.57. The summed E-state index contributed by atoms with van der Waals surface area (Å²) >= 11 is 0. The molecule has 2 aliphatic rings. The fourth-order valence-electron chi connectivity index (χ4n) is 5.05. The Morgan fingerprint density at radius 1 is 0.972 bits per heavy atom. The van der Waals surface area contributed by atoms with E-state index in [1.54, 1.807) is 24.3 Å². The van der Waals surface area contributed by atoms with Gasteiger partial charge in [-0.25, -0.2) is 4.79 Å². The molecular weight excluding hydrogens is 456 g/mol. The molecule has 3 heterocycles. The Morgan fingerprint density at radius 2 is 1.75 bits per heavy atom. The fraction of sp³-hybridized carbons (Fsp3) is 0.172. The number of rotatable bonds is 4. The molecule has 1 aromatic heterocycles. The minimum atomic E-state index is -0.980. The van der Waals surface area contributed by atoms with E-state index in [0.29, 0.717) is 31.3 Å². The van der Waals surface area contributed by atoms with Gasteiger partial charge >= 0.3 is 5.97 Å². The second-order valence-electron chi connectivity index (χ2n) is 8.91. The van der Waals surface area contributed by atoms with Crippen LogP contribution in [0.25, 0.3) is 17.0 Å². The molecular formula is C29H24N2O5. The molecule has 0 fully saturated rings. The Labute approximate surface area is 207 Å². The zero-order valence-corrected chi connectivity index (χ0v) is 19.4. The highest BCUT2D eigenvalue weighted by Gasteiger charge is 2.34. The number of carbonyl (C=O) groups is 2. The van der Waals surface area contributed by atoms with Crippen molar-refractivity contribution in [3.05, 3.63) is 101 Å². The molecule has 3 aromatic carbocycles. The zero-order chi connectivity index (χ0) is 24.6. The van der Waals surface area contributed by atoms with Gasteiger partial charge in [-0.3, -0.25) is 4.79 Å². The molecule has 0 spiro atoms. The largest absolute Gasteiger partial charge is 0.486 e. The first-order chi connectivity index (χ1) is 17.6. The zero-order valence-electron chi connectivity index (χ0n) is 19.4. The third kappa shape index (κ3) is 3.88. The van der Waals surface area contributed by atoms with Crippen molar-refractivity contribution in [1.82, 2.24) is 9.88 Å². The number of hydrogen-bond donors (Lipinski definition) is 2. The summed E-state index contributed by atoms with van der Waals surface area (Å²) in [6.07, 6.45) is 4.01. The van der Waals surface area contributed by atoms with Gasteiger partial charge in [0.15, 0.2) is 11.5 Å². The Morgan fingerprint density at radius 3 is 2.56 bits per heavy atom. The molecule has 2 N–H and O–H groups in total. The number of aromatic amines is 1. The average Bonchev–Trinajstić information content (AvgIpc) is 3.30. The third-order valence-corrected chi connectivity index (χ3v) is 6.78. The number of amides is 1. The highest BCUT2D eigenvalue weighted by Crippen LogP contribution is 2.41. The van der Waals surface area contributed by atoms with Crippen molar-refractivity contribution in [2.45, 2.75) is 12.5 Å². The lowest BCUT2D eigenvalue weighted by molar-refractivity contribution is -0.128. The van der Waals surface area contributed by atoms with Crippen molar-refractivity contribution in [3.8, 4) is 11.5 Å². The molecule has 1 atom stereocenters. The van der Waals surface area contributed by atoms with Crippen molar-refractivity contribution >= 4 is 28.9 Å². The number of nitrogens with zero attached hydrogens (tertiary/aromatic N) is 1. The number of benzene rings is 3. The van der Waals surface area contributed by atoms with Crippen LogP contribution in [0.5, 0.6) is 11.5 Å². The second-order valence-corrected chi connectivity index (χ2v) is 8.91. The molecule has 1 unspecified atom stereocenters. The van der Waals surface area contributed by atoms with Gasteiger partial charge in [0.1, 0.15) is 13.2 Å². The van der Waals surface area contributed by atoms with Crippen LogP contribution in [0.1, 0.15) is 38.8 Å². The van der Waals surface area contributed by atoms with E-state index < -0.39 is 5.97 Å². The summed E-state index contributed by atoms with van der Waals surface area (Å²) in [7, 11) is 0. The Balaban J connectivity index is 1.38. The van der Waals surface area contributed by atoms with Gasteiger partial charge in [-0.05, 0) is 59.5 Å². The van der Waals surface area contributed by atoms with Crippen LogP contribution in [0.3, 0.4) is 0 Å². The van der Waals surface area contributed by atoms with E-state index in [-0.39, 0.29) is 17.5 Å². The van der Waals surface area contributed by atoms with E-state index in [9.17, 15) is 9.59 Å². The molecule has 180 valence electrons. The lowest BCUT2D eigenvalue weighted by Gasteiger charge is -2.36. The predicted octanol–water partition coefficient (Wildman–Crippen LogP) is 4.82. The van der Waals surface area contributed by atoms with Gasteiger partial charge < -0.3 is 24.5 Å². The van der Waals surface area contributed by atoms with E-state index in [2.05, 4.69) is 17.1 Å². The summed E-state index contributed by atoms with van der Waals surface area (Å²) in [4.78, 5) is 30.1. The van der Waals surface area contributed by atoms with Crippen LogP contribution >= 0.6 is 0 Å². The smallest absolute Gasteiger partial charge is 0.335 e. The van der Waals surface area contributed by atoms with Crippen LogP contribution in [0.2, 0.25) is 0 Å². The van der Waals surface area contributed by atoms with Crippen molar-refractivity contribution in [2.24, 2.45) is 0 Å². The Bertz CT molecular complexity index is 1500. The summed E-state index contributed by atoms with van der Waals surface area (Å²) in [5.74, 6) is 0.288. The van der Waals surface area contributed by atoms with Crippen molar-refractivity contribution in [1.29, 1.82) is 0 Å². The van der Waals surface area contributed by atoms with E-state index in [0.717, 1.165) is 28.8 Å². The molecule has 7 heteroatoms. The lowest BCUT2D eigenvalue weighted by Crippen LogP contribution is -2.39. The first-order valence-corrected chi connectivity index (χ1v) is 11.9. The number of carboxylic acids is 1. The topological polar surface area (TPSA) is 91.9 Å².